The molecule has 0 spiro atoms. The van der Waals surface area contributed by atoms with Crippen molar-refractivity contribution in [3.05, 3.63) is 80.0 Å². The molecule has 6 nitrogen and oxygen atoms in total. The van der Waals surface area contributed by atoms with E-state index in [1.807, 2.05) is 31.4 Å². The van der Waals surface area contributed by atoms with Crippen LogP contribution in [0.4, 0.5) is 15.8 Å². The Morgan fingerprint density at radius 2 is 2.11 bits per heavy atom. The maximum Gasteiger partial charge on any atom is 0.306 e. The van der Waals surface area contributed by atoms with Crippen LogP contribution in [-0.2, 0) is 0 Å². The van der Waals surface area contributed by atoms with Gasteiger partial charge in [0, 0.05) is 28.9 Å². The van der Waals surface area contributed by atoms with Crippen LogP contribution in [-0.4, -0.2) is 9.91 Å². The van der Waals surface area contributed by atoms with Crippen LogP contribution < -0.4 is 5.32 Å². The molecule has 0 aliphatic rings. The second kappa shape index (κ2) is 7.98. The number of hydrogen-bond acceptors (Lipinski definition) is 6. The first-order valence-corrected chi connectivity index (χ1v) is 9.11. The van der Waals surface area contributed by atoms with Crippen LogP contribution in [0.15, 0.2) is 48.0 Å². The van der Waals surface area contributed by atoms with E-state index in [2.05, 4.69) is 22.4 Å². The maximum atomic E-state index is 13.4. The minimum absolute atomic E-state index is 0.271. The fourth-order valence-electron chi connectivity index (χ4n) is 2.66. The number of nitrogens with zero attached hydrogens (tertiary/aromatic N) is 3. The Balaban J connectivity index is 1.86. The van der Waals surface area contributed by atoms with Gasteiger partial charge in [0.15, 0.2) is 0 Å². The summed E-state index contributed by atoms with van der Waals surface area (Å²) >= 11 is 1.33. The molecule has 0 unspecified atom stereocenters. The number of benzene rings is 2. The standard InChI is InChI=1S/C20H15FN4O2S/c1-12-3-5-16(13(2)7-12)18-11-28-20(24-18)14(9-22)10-23-15-4-6-17(21)19(8-15)25(26)27/h3-8,10-11,23H,1-2H3/b14-10+. The van der Waals surface area contributed by atoms with Crippen molar-refractivity contribution in [3.63, 3.8) is 0 Å². The average Bonchev–Trinajstić information content (AvgIpc) is 3.13. The van der Waals surface area contributed by atoms with Gasteiger partial charge in [0.1, 0.15) is 16.6 Å². The van der Waals surface area contributed by atoms with Crippen molar-refractivity contribution in [2.45, 2.75) is 13.8 Å². The summed E-state index contributed by atoms with van der Waals surface area (Å²) in [7, 11) is 0. The Labute approximate surface area is 164 Å². The van der Waals surface area contributed by atoms with E-state index in [1.54, 1.807) is 0 Å². The van der Waals surface area contributed by atoms with Gasteiger partial charge in [0.2, 0.25) is 5.82 Å². The Morgan fingerprint density at radius 3 is 2.79 bits per heavy atom. The number of hydrogen-bond donors (Lipinski definition) is 1. The van der Waals surface area contributed by atoms with E-state index in [-0.39, 0.29) is 5.57 Å². The lowest BCUT2D eigenvalue weighted by Crippen LogP contribution is -1.96. The third kappa shape index (κ3) is 4.05. The second-order valence-electron chi connectivity index (χ2n) is 6.09. The van der Waals surface area contributed by atoms with E-state index >= 15 is 0 Å². The first-order chi connectivity index (χ1) is 13.4. The van der Waals surface area contributed by atoms with Crippen LogP contribution in [0.2, 0.25) is 0 Å². The highest BCUT2D eigenvalue weighted by Gasteiger charge is 2.15. The molecule has 0 aliphatic carbocycles. The van der Waals surface area contributed by atoms with Gasteiger partial charge in [-0.15, -0.1) is 11.3 Å². The monoisotopic (exact) mass is 394 g/mol. The topological polar surface area (TPSA) is 91.8 Å². The highest BCUT2D eigenvalue weighted by atomic mass is 32.1. The fourth-order valence-corrected chi connectivity index (χ4v) is 3.45. The highest BCUT2D eigenvalue weighted by Crippen LogP contribution is 2.29. The van der Waals surface area contributed by atoms with Crippen molar-refractivity contribution in [2.75, 3.05) is 5.32 Å². The van der Waals surface area contributed by atoms with Gasteiger partial charge in [0.25, 0.3) is 0 Å². The molecule has 8 heteroatoms. The lowest BCUT2D eigenvalue weighted by atomic mass is 10.0. The van der Waals surface area contributed by atoms with Crippen molar-refractivity contribution in [3.8, 4) is 17.3 Å². The second-order valence-corrected chi connectivity index (χ2v) is 6.95. The van der Waals surface area contributed by atoms with Crippen LogP contribution in [0.25, 0.3) is 16.8 Å². The van der Waals surface area contributed by atoms with Gasteiger partial charge in [-0.2, -0.15) is 9.65 Å². The number of nitro groups is 1. The Hall–Kier alpha value is -3.57. The minimum Gasteiger partial charge on any atom is -0.360 e. The van der Waals surface area contributed by atoms with Gasteiger partial charge in [-0.1, -0.05) is 23.8 Å². The van der Waals surface area contributed by atoms with Crippen LogP contribution in [0.1, 0.15) is 16.1 Å². The maximum absolute atomic E-state index is 13.4. The number of nitriles is 1. The number of anilines is 1. The number of allylic oxidation sites excluding steroid dienone is 1. The summed E-state index contributed by atoms with van der Waals surface area (Å²) < 4.78 is 13.4. The van der Waals surface area contributed by atoms with Crippen LogP contribution >= 0.6 is 11.3 Å². The molecule has 28 heavy (non-hydrogen) atoms. The molecule has 0 saturated carbocycles. The van der Waals surface area contributed by atoms with Crippen LogP contribution in [0.5, 0.6) is 0 Å². The quantitative estimate of drug-likeness (QED) is 0.353. The van der Waals surface area contributed by atoms with E-state index in [0.717, 1.165) is 34.5 Å². The number of nitro benzene ring substituents is 1. The first kappa shape index (κ1) is 19.2. The number of halogens is 1. The Morgan fingerprint density at radius 1 is 1.32 bits per heavy atom. The molecule has 0 atom stereocenters. The molecule has 0 amide bonds. The predicted molar refractivity (Wildman–Crippen MR) is 107 cm³/mol. The SMILES string of the molecule is Cc1ccc(-c2csc(/C(C#N)=C/Nc3ccc(F)c([N+](=O)[O-])c3)n2)c(C)c1. The summed E-state index contributed by atoms with van der Waals surface area (Å²) in [6, 6.07) is 11.6. The van der Waals surface area contributed by atoms with E-state index in [0.29, 0.717) is 10.7 Å². The molecule has 0 fully saturated rings. The van der Waals surface area contributed by atoms with Crippen LogP contribution in [0, 0.1) is 41.1 Å². The summed E-state index contributed by atoms with van der Waals surface area (Å²) in [6.45, 7) is 4.02. The molecule has 1 aromatic heterocycles. The van der Waals surface area contributed by atoms with Gasteiger partial charge in [0.05, 0.1) is 10.6 Å². The third-order valence-corrected chi connectivity index (χ3v) is 4.91. The van der Waals surface area contributed by atoms with Crippen molar-refractivity contribution in [1.82, 2.24) is 4.98 Å². The number of rotatable bonds is 5. The lowest BCUT2D eigenvalue weighted by Gasteiger charge is -2.04. The normalized spacial score (nSPS) is 11.1. The number of aromatic nitrogens is 1. The van der Waals surface area contributed by atoms with Gasteiger partial charge < -0.3 is 5.32 Å². The van der Waals surface area contributed by atoms with Gasteiger partial charge >= 0.3 is 5.69 Å². The number of thiazole rings is 1. The highest BCUT2D eigenvalue weighted by molar-refractivity contribution is 7.11. The number of nitrogens with one attached hydrogen (secondary N) is 1. The summed E-state index contributed by atoms with van der Waals surface area (Å²) in [5.41, 5.74) is 3.95. The summed E-state index contributed by atoms with van der Waals surface area (Å²) in [4.78, 5) is 14.6. The molecule has 3 aromatic rings. The fraction of sp³-hybridized carbons (Fsp3) is 0.100. The van der Waals surface area contributed by atoms with E-state index < -0.39 is 16.4 Å². The first-order valence-electron chi connectivity index (χ1n) is 8.23. The van der Waals surface area contributed by atoms with Crippen molar-refractivity contribution >= 4 is 28.3 Å². The third-order valence-electron chi connectivity index (χ3n) is 4.04. The molecule has 0 bridgehead atoms. The van der Waals surface area contributed by atoms with Crippen molar-refractivity contribution in [2.24, 2.45) is 0 Å². The van der Waals surface area contributed by atoms with Gasteiger partial charge in [-0.3, -0.25) is 10.1 Å². The van der Waals surface area contributed by atoms with Crippen LogP contribution in [0.3, 0.4) is 0 Å². The van der Waals surface area contributed by atoms with Gasteiger partial charge in [-0.05, 0) is 31.5 Å². The molecular formula is C20H15FN4O2S. The largest absolute Gasteiger partial charge is 0.360 e. The Bertz CT molecular complexity index is 1130. The molecule has 2 aromatic carbocycles. The average molecular weight is 394 g/mol. The predicted octanol–water partition coefficient (Wildman–Crippen LogP) is 5.45. The van der Waals surface area contributed by atoms with Gasteiger partial charge in [-0.25, -0.2) is 4.98 Å². The summed E-state index contributed by atoms with van der Waals surface area (Å²) in [5, 5.41) is 25.5. The zero-order valence-corrected chi connectivity index (χ0v) is 15.9. The zero-order valence-electron chi connectivity index (χ0n) is 15.1. The smallest absolute Gasteiger partial charge is 0.306 e. The Kier molecular flexibility index (Phi) is 5.47. The molecular weight excluding hydrogens is 379 g/mol. The summed E-state index contributed by atoms with van der Waals surface area (Å²) in [6.07, 6.45) is 1.40. The van der Waals surface area contributed by atoms with Crippen molar-refractivity contribution < 1.29 is 9.31 Å². The molecule has 0 radical (unpaired) electrons. The molecule has 1 N–H and O–H groups in total. The number of aryl methyl sites for hydroxylation is 2. The summed E-state index contributed by atoms with van der Waals surface area (Å²) in [5.74, 6) is -0.918. The molecule has 1 heterocycles. The van der Waals surface area contributed by atoms with Crippen molar-refractivity contribution in [1.29, 1.82) is 5.26 Å². The zero-order chi connectivity index (χ0) is 20.3. The molecule has 3 rings (SSSR count). The molecule has 0 saturated heterocycles. The van der Waals surface area contributed by atoms with E-state index in [9.17, 15) is 19.8 Å². The van der Waals surface area contributed by atoms with E-state index in [4.69, 9.17) is 0 Å². The lowest BCUT2D eigenvalue weighted by molar-refractivity contribution is -0.387. The molecule has 140 valence electrons. The minimum atomic E-state index is -0.918. The van der Waals surface area contributed by atoms with E-state index in [1.165, 1.54) is 23.6 Å². The molecule has 0 aliphatic heterocycles.